The lowest BCUT2D eigenvalue weighted by Gasteiger charge is -2.51. The highest BCUT2D eigenvalue weighted by molar-refractivity contribution is 5.66. The highest BCUT2D eigenvalue weighted by Gasteiger charge is 2.77. The zero-order valence-electron chi connectivity index (χ0n) is 18.1. The molecule has 166 valence electrons. The van der Waals surface area contributed by atoms with E-state index in [0.717, 1.165) is 0 Å². The number of hydrogen-bond acceptors (Lipinski definition) is 7. The Morgan fingerprint density at radius 3 is 2.17 bits per heavy atom. The van der Waals surface area contributed by atoms with Crippen molar-refractivity contribution in [3.63, 3.8) is 0 Å². The second kappa shape index (κ2) is 5.94. The first-order valence-electron chi connectivity index (χ1n) is 10.8. The zero-order valence-corrected chi connectivity index (χ0v) is 18.1. The van der Waals surface area contributed by atoms with Gasteiger partial charge in [-0.15, -0.1) is 0 Å². The van der Waals surface area contributed by atoms with Crippen molar-refractivity contribution in [1.29, 1.82) is 0 Å². The van der Waals surface area contributed by atoms with Crippen LogP contribution in [-0.2, 0) is 9.53 Å². The summed E-state index contributed by atoms with van der Waals surface area (Å²) in [6.07, 6.45) is -0.985. The predicted molar refractivity (Wildman–Crippen MR) is 104 cm³/mol. The molecule has 0 unspecified atom stereocenters. The molecule has 29 heavy (non-hydrogen) atoms. The van der Waals surface area contributed by atoms with Crippen molar-refractivity contribution in [1.82, 2.24) is 0 Å². The topological polar surface area (TPSA) is 127 Å². The summed E-state index contributed by atoms with van der Waals surface area (Å²) in [4.78, 5) is 11.9. The van der Waals surface area contributed by atoms with Gasteiger partial charge in [-0.25, -0.2) is 0 Å². The Balaban J connectivity index is 1.90. The molecule has 10 atom stereocenters. The van der Waals surface area contributed by atoms with E-state index in [4.69, 9.17) is 4.74 Å². The lowest BCUT2D eigenvalue weighted by atomic mass is 9.57. The predicted octanol–water partition coefficient (Wildman–Crippen LogP) is 0.739. The third-order valence-electron chi connectivity index (χ3n) is 9.52. The molecular weight excluding hydrogens is 376 g/mol. The van der Waals surface area contributed by atoms with E-state index in [1.807, 2.05) is 0 Å². The van der Waals surface area contributed by atoms with Crippen LogP contribution in [0.4, 0.5) is 0 Å². The van der Waals surface area contributed by atoms with E-state index in [-0.39, 0.29) is 31.1 Å². The molecule has 4 rings (SSSR count). The molecule has 4 aliphatic carbocycles. The first-order chi connectivity index (χ1) is 13.1. The van der Waals surface area contributed by atoms with Crippen molar-refractivity contribution in [3.05, 3.63) is 0 Å². The maximum atomic E-state index is 11.9. The molecule has 4 aliphatic rings. The standard InChI is InChI=1S/C22H36O7/c1-11(23)29-17-12-6-7-13-20(5,27)14-8-15(24)18(2,3)22(14,28)16(25)9-21(13,17)10-19(12,4)26/h12-17,24-28H,6-10H2,1-5H3/t12-,13-,14-,15-,16+,17+,19+,20+,21-,22-/m0/s1. The van der Waals surface area contributed by atoms with Crippen LogP contribution in [0, 0.1) is 28.6 Å². The molecule has 2 bridgehead atoms. The zero-order chi connectivity index (χ0) is 21.8. The number of carbonyl (C=O) groups excluding carboxylic acids is 1. The quantitative estimate of drug-likeness (QED) is 0.402. The number of rotatable bonds is 1. The number of ether oxygens (including phenoxy) is 1. The van der Waals surface area contributed by atoms with Gasteiger partial charge in [0.15, 0.2) is 0 Å². The smallest absolute Gasteiger partial charge is 0.302 e. The minimum absolute atomic E-state index is 0.0988. The van der Waals surface area contributed by atoms with Gasteiger partial charge < -0.3 is 30.3 Å². The molecule has 0 radical (unpaired) electrons. The van der Waals surface area contributed by atoms with E-state index in [1.54, 1.807) is 27.7 Å². The molecule has 7 nitrogen and oxygen atoms in total. The second-order valence-electron chi connectivity index (χ2n) is 11.3. The van der Waals surface area contributed by atoms with Crippen molar-refractivity contribution >= 4 is 5.97 Å². The van der Waals surface area contributed by atoms with Gasteiger partial charge in [0.2, 0.25) is 0 Å². The maximum Gasteiger partial charge on any atom is 0.302 e. The van der Waals surface area contributed by atoms with Gasteiger partial charge in [0.05, 0.1) is 23.4 Å². The minimum Gasteiger partial charge on any atom is -0.462 e. The molecule has 0 heterocycles. The largest absolute Gasteiger partial charge is 0.462 e. The van der Waals surface area contributed by atoms with Gasteiger partial charge in [-0.1, -0.05) is 13.8 Å². The lowest BCUT2D eigenvalue weighted by Crippen LogP contribution is -2.60. The third-order valence-corrected chi connectivity index (χ3v) is 9.52. The fourth-order valence-corrected chi connectivity index (χ4v) is 8.14. The van der Waals surface area contributed by atoms with Crippen LogP contribution >= 0.6 is 0 Å². The van der Waals surface area contributed by atoms with Gasteiger partial charge >= 0.3 is 5.97 Å². The normalized spacial score (nSPS) is 58.3. The monoisotopic (exact) mass is 412 g/mol. The van der Waals surface area contributed by atoms with Crippen molar-refractivity contribution < 1.29 is 35.1 Å². The molecule has 5 N–H and O–H groups in total. The van der Waals surface area contributed by atoms with Crippen molar-refractivity contribution in [3.8, 4) is 0 Å². The fraction of sp³-hybridized carbons (Fsp3) is 0.955. The van der Waals surface area contributed by atoms with E-state index in [0.29, 0.717) is 12.8 Å². The molecule has 0 aliphatic heterocycles. The van der Waals surface area contributed by atoms with E-state index in [2.05, 4.69) is 0 Å². The number of carbonyl (C=O) groups is 1. The average molecular weight is 413 g/mol. The minimum atomic E-state index is -1.70. The Labute approximate surface area is 172 Å². The van der Waals surface area contributed by atoms with Gasteiger partial charge in [-0.2, -0.15) is 0 Å². The highest BCUT2D eigenvalue weighted by atomic mass is 16.5. The summed E-state index contributed by atoms with van der Waals surface area (Å²) in [5.41, 5.74) is -6.08. The molecule has 0 aromatic rings. The summed E-state index contributed by atoms with van der Waals surface area (Å²) < 4.78 is 5.75. The van der Waals surface area contributed by atoms with Gasteiger partial charge in [-0.3, -0.25) is 4.79 Å². The third kappa shape index (κ3) is 2.45. The van der Waals surface area contributed by atoms with Crippen LogP contribution in [0.2, 0.25) is 0 Å². The Morgan fingerprint density at radius 1 is 0.966 bits per heavy atom. The summed E-state index contributed by atoms with van der Waals surface area (Å²) in [6, 6.07) is 0. The molecule has 0 amide bonds. The Kier molecular flexibility index (Phi) is 4.41. The Bertz CT molecular complexity index is 716. The van der Waals surface area contributed by atoms with E-state index >= 15 is 0 Å². The van der Waals surface area contributed by atoms with Crippen molar-refractivity contribution in [2.24, 2.45) is 28.6 Å². The number of esters is 1. The first-order valence-corrected chi connectivity index (χ1v) is 10.8. The lowest BCUT2D eigenvalue weighted by molar-refractivity contribution is -0.202. The average Bonchev–Trinajstić information content (AvgIpc) is 2.80. The number of hydrogen-bond donors (Lipinski definition) is 5. The second-order valence-corrected chi connectivity index (χ2v) is 11.3. The van der Waals surface area contributed by atoms with E-state index in [9.17, 15) is 30.3 Å². The summed E-state index contributed by atoms with van der Waals surface area (Å²) in [7, 11) is 0. The van der Waals surface area contributed by atoms with Crippen molar-refractivity contribution in [2.75, 3.05) is 0 Å². The van der Waals surface area contributed by atoms with Gasteiger partial charge in [0.25, 0.3) is 0 Å². The molecule has 0 saturated heterocycles. The molecule has 1 spiro atoms. The summed E-state index contributed by atoms with van der Waals surface area (Å²) in [6.45, 7) is 8.20. The van der Waals surface area contributed by atoms with Crippen LogP contribution in [0.5, 0.6) is 0 Å². The van der Waals surface area contributed by atoms with Crippen LogP contribution in [0.25, 0.3) is 0 Å². The molecule has 4 fully saturated rings. The molecule has 0 aromatic carbocycles. The molecular formula is C22H36O7. The maximum absolute atomic E-state index is 11.9. The van der Waals surface area contributed by atoms with Crippen LogP contribution < -0.4 is 0 Å². The van der Waals surface area contributed by atoms with Crippen molar-refractivity contribution in [2.45, 2.75) is 102 Å². The number of fused-ring (bicyclic) bond motifs is 2. The summed E-state index contributed by atoms with van der Waals surface area (Å²) >= 11 is 0. The summed E-state index contributed by atoms with van der Waals surface area (Å²) in [5.74, 6) is -1.86. The summed E-state index contributed by atoms with van der Waals surface area (Å²) in [5, 5.41) is 57.0. The number of aliphatic hydroxyl groups excluding tert-OH is 2. The fourth-order valence-electron chi connectivity index (χ4n) is 8.14. The van der Waals surface area contributed by atoms with Gasteiger partial charge in [0, 0.05) is 29.6 Å². The molecule has 0 aromatic heterocycles. The van der Waals surface area contributed by atoms with Crippen LogP contribution in [0.15, 0.2) is 0 Å². The molecule has 7 heteroatoms. The highest BCUT2D eigenvalue weighted by Crippen LogP contribution is 2.70. The first kappa shape index (κ1) is 21.5. The number of aliphatic hydroxyl groups is 5. The van der Waals surface area contributed by atoms with Crippen LogP contribution in [-0.4, -0.2) is 66.6 Å². The van der Waals surface area contributed by atoms with E-state index < -0.39 is 57.8 Å². The van der Waals surface area contributed by atoms with E-state index in [1.165, 1.54) is 6.92 Å². The molecule has 4 saturated carbocycles. The van der Waals surface area contributed by atoms with Gasteiger partial charge in [0.1, 0.15) is 11.7 Å². The van der Waals surface area contributed by atoms with Crippen LogP contribution in [0.3, 0.4) is 0 Å². The Morgan fingerprint density at radius 2 is 1.59 bits per heavy atom. The SMILES string of the molecule is CC(=O)O[C@@H]1[C@@H]2CC[C@H]3[C@@](C)(O)[C@@H]4C[C@H](O)C(C)(C)[C@@]4(O)[C@H](O)C[C@@]13C[C@@]2(C)O. The van der Waals surface area contributed by atoms with Crippen LogP contribution in [0.1, 0.15) is 66.7 Å². The Hall–Kier alpha value is -0.730. The van der Waals surface area contributed by atoms with Gasteiger partial charge in [-0.05, 0) is 51.9 Å².